The highest BCUT2D eigenvalue weighted by Gasteiger charge is 2.10. The van der Waals surface area contributed by atoms with Gasteiger partial charge in [-0.2, -0.15) is 0 Å². The minimum atomic E-state index is -0.277. The summed E-state index contributed by atoms with van der Waals surface area (Å²) in [5.74, 6) is -0.277. The molecule has 1 rings (SSSR count). The van der Waals surface area contributed by atoms with E-state index in [2.05, 4.69) is 6.92 Å². The molecule has 0 atom stereocenters. The Bertz CT molecular complexity index is 361. The second kappa shape index (κ2) is 6.16. The van der Waals surface area contributed by atoms with Gasteiger partial charge in [0.2, 0.25) is 0 Å². The highest BCUT2D eigenvalue weighted by atomic mass is 16.5. The number of hydrogen-bond acceptors (Lipinski definition) is 3. The third kappa shape index (κ3) is 3.57. The van der Waals surface area contributed by atoms with Crippen LogP contribution in [0.2, 0.25) is 0 Å². The number of benzene rings is 1. The fourth-order valence-corrected chi connectivity index (χ4v) is 1.45. The van der Waals surface area contributed by atoms with Crippen molar-refractivity contribution >= 4 is 11.7 Å². The fourth-order valence-electron chi connectivity index (χ4n) is 1.45. The number of rotatable bonds is 5. The molecule has 0 bridgehead atoms. The van der Waals surface area contributed by atoms with Gasteiger partial charge in [-0.1, -0.05) is 25.8 Å². The van der Waals surface area contributed by atoms with E-state index in [1.54, 1.807) is 12.1 Å². The lowest BCUT2D eigenvalue weighted by molar-refractivity contribution is 0.0497. The largest absolute Gasteiger partial charge is 0.462 e. The van der Waals surface area contributed by atoms with Crippen LogP contribution in [0.3, 0.4) is 0 Å². The van der Waals surface area contributed by atoms with Crippen LogP contribution in [0.15, 0.2) is 18.2 Å². The number of aryl methyl sites for hydroxylation is 1. The number of carbonyl (C=O) groups is 1. The van der Waals surface area contributed by atoms with Crippen molar-refractivity contribution < 1.29 is 9.53 Å². The van der Waals surface area contributed by atoms with Gasteiger partial charge in [0.15, 0.2) is 0 Å². The minimum Gasteiger partial charge on any atom is -0.462 e. The van der Waals surface area contributed by atoms with Gasteiger partial charge in [0.25, 0.3) is 0 Å². The average molecular weight is 221 g/mol. The minimum absolute atomic E-state index is 0.277. The molecule has 0 saturated heterocycles. The zero-order valence-corrected chi connectivity index (χ0v) is 9.95. The van der Waals surface area contributed by atoms with Crippen LogP contribution in [0.5, 0.6) is 0 Å². The number of ether oxygens (including phenoxy) is 1. The summed E-state index contributed by atoms with van der Waals surface area (Å²) in [5.41, 5.74) is 7.69. The molecule has 0 amide bonds. The van der Waals surface area contributed by atoms with E-state index in [1.165, 1.54) is 0 Å². The molecule has 0 unspecified atom stereocenters. The standard InChI is InChI=1S/C13H19NO2/c1-3-4-5-8-16-13(15)12-9-11(14)7-6-10(12)2/h6-7,9H,3-5,8,14H2,1-2H3. The Balaban J connectivity index is 2.55. The monoisotopic (exact) mass is 221 g/mol. The Labute approximate surface area is 96.6 Å². The molecule has 0 aromatic heterocycles. The van der Waals surface area contributed by atoms with Crippen LogP contribution in [-0.4, -0.2) is 12.6 Å². The summed E-state index contributed by atoms with van der Waals surface area (Å²) in [7, 11) is 0. The zero-order valence-electron chi connectivity index (χ0n) is 9.95. The van der Waals surface area contributed by atoms with Crippen LogP contribution >= 0.6 is 0 Å². The zero-order chi connectivity index (χ0) is 12.0. The van der Waals surface area contributed by atoms with Crippen molar-refractivity contribution in [3.8, 4) is 0 Å². The van der Waals surface area contributed by atoms with Crippen molar-refractivity contribution in [1.82, 2.24) is 0 Å². The van der Waals surface area contributed by atoms with E-state index >= 15 is 0 Å². The predicted molar refractivity (Wildman–Crippen MR) is 65.4 cm³/mol. The van der Waals surface area contributed by atoms with E-state index in [0.717, 1.165) is 24.8 Å². The highest BCUT2D eigenvalue weighted by molar-refractivity contribution is 5.92. The van der Waals surface area contributed by atoms with E-state index in [0.29, 0.717) is 17.9 Å². The second-order valence-electron chi connectivity index (χ2n) is 3.92. The maximum Gasteiger partial charge on any atom is 0.338 e. The Morgan fingerprint density at radius 2 is 2.12 bits per heavy atom. The summed E-state index contributed by atoms with van der Waals surface area (Å²) in [6.45, 7) is 4.48. The molecule has 0 fully saturated rings. The highest BCUT2D eigenvalue weighted by Crippen LogP contribution is 2.14. The Morgan fingerprint density at radius 1 is 1.38 bits per heavy atom. The third-order valence-electron chi connectivity index (χ3n) is 2.46. The summed E-state index contributed by atoms with van der Waals surface area (Å²) in [6.07, 6.45) is 3.13. The molecule has 1 aromatic rings. The van der Waals surface area contributed by atoms with Gasteiger partial charge >= 0.3 is 5.97 Å². The quantitative estimate of drug-likeness (QED) is 0.472. The molecule has 0 aliphatic heterocycles. The number of esters is 1. The number of hydrogen-bond donors (Lipinski definition) is 1. The lowest BCUT2D eigenvalue weighted by Gasteiger charge is -2.07. The van der Waals surface area contributed by atoms with Gasteiger partial charge in [0.05, 0.1) is 12.2 Å². The molecule has 0 spiro atoms. The first-order valence-electron chi connectivity index (χ1n) is 5.68. The molecular formula is C13H19NO2. The van der Waals surface area contributed by atoms with E-state index in [9.17, 15) is 4.79 Å². The predicted octanol–water partition coefficient (Wildman–Crippen LogP) is 2.92. The average Bonchev–Trinajstić information content (AvgIpc) is 2.27. The summed E-state index contributed by atoms with van der Waals surface area (Å²) in [5, 5.41) is 0. The van der Waals surface area contributed by atoms with Crippen LogP contribution in [0, 0.1) is 6.92 Å². The summed E-state index contributed by atoms with van der Waals surface area (Å²) < 4.78 is 5.17. The second-order valence-corrected chi connectivity index (χ2v) is 3.92. The smallest absolute Gasteiger partial charge is 0.338 e. The first-order chi connectivity index (χ1) is 7.65. The van der Waals surface area contributed by atoms with Gasteiger partial charge in [0.1, 0.15) is 0 Å². The van der Waals surface area contributed by atoms with Gasteiger partial charge in [-0.05, 0) is 31.0 Å². The maximum atomic E-state index is 11.7. The molecule has 3 heteroatoms. The van der Waals surface area contributed by atoms with Crippen molar-refractivity contribution in [3.05, 3.63) is 29.3 Å². The van der Waals surface area contributed by atoms with E-state index < -0.39 is 0 Å². The van der Waals surface area contributed by atoms with Crippen molar-refractivity contribution in [2.75, 3.05) is 12.3 Å². The van der Waals surface area contributed by atoms with Gasteiger partial charge in [0, 0.05) is 5.69 Å². The first kappa shape index (κ1) is 12.6. The molecule has 0 radical (unpaired) electrons. The summed E-state index contributed by atoms with van der Waals surface area (Å²) >= 11 is 0. The number of nitrogens with two attached hydrogens (primary N) is 1. The summed E-state index contributed by atoms with van der Waals surface area (Å²) in [6, 6.07) is 5.28. The molecule has 16 heavy (non-hydrogen) atoms. The molecule has 3 nitrogen and oxygen atoms in total. The molecule has 0 aliphatic carbocycles. The lowest BCUT2D eigenvalue weighted by Crippen LogP contribution is -2.08. The number of anilines is 1. The van der Waals surface area contributed by atoms with Crippen molar-refractivity contribution in [3.63, 3.8) is 0 Å². The number of unbranched alkanes of at least 4 members (excludes halogenated alkanes) is 2. The van der Waals surface area contributed by atoms with Crippen LogP contribution in [-0.2, 0) is 4.74 Å². The SMILES string of the molecule is CCCCCOC(=O)c1cc(N)ccc1C. The van der Waals surface area contributed by atoms with E-state index in [1.807, 2.05) is 13.0 Å². The van der Waals surface area contributed by atoms with E-state index in [-0.39, 0.29) is 5.97 Å². The van der Waals surface area contributed by atoms with Gasteiger partial charge in [-0.25, -0.2) is 4.79 Å². The van der Waals surface area contributed by atoms with Gasteiger partial charge in [-0.3, -0.25) is 0 Å². The van der Waals surface area contributed by atoms with Crippen LogP contribution in [0.4, 0.5) is 5.69 Å². The van der Waals surface area contributed by atoms with Gasteiger partial charge in [-0.15, -0.1) is 0 Å². The maximum absolute atomic E-state index is 11.7. The fraction of sp³-hybridized carbons (Fsp3) is 0.462. The van der Waals surface area contributed by atoms with Crippen molar-refractivity contribution in [2.45, 2.75) is 33.1 Å². The lowest BCUT2D eigenvalue weighted by atomic mass is 10.1. The van der Waals surface area contributed by atoms with E-state index in [4.69, 9.17) is 10.5 Å². The number of nitrogen functional groups attached to an aromatic ring is 1. The Kier molecular flexibility index (Phi) is 4.83. The molecule has 0 aliphatic rings. The molecule has 88 valence electrons. The van der Waals surface area contributed by atoms with Gasteiger partial charge < -0.3 is 10.5 Å². The Hall–Kier alpha value is -1.51. The van der Waals surface area contributed by atoms with Crippen LogP contribution in [0.1, 0.15) is 42.1 Å². The topological polar surface area (TPSA) is 52.3 Å². The van der Waals surface area contributed by atoms with Crippen molar-refractivity contribution in [1.29, 1.82) is 0 Å². The summed E-state index contributed by atoms with van der Waals surface area (Å²) in [4.78, 5) is 11.7. The first-order valence-corrected chi connectivity index (χ1v) is 5.68. The Morgan fingerprint density at radius 3 is 2.81 bits per heavy atom. The van der Waals surface area contributed by atoms with Crippen molar-refractivity contribution in [2.24, 2.45) is 0 Å². The van der Waals surface area contributed by atoms with Crippen LogP contribution in [0.25, 0.3) is 0 Å². The molecule has 1 aromatic carbocycles. The molecule has 0 heterocycles. The number of carbonyl (C=O) groups excluding carboxylic acids is 1. The molecular weight excluding hydrogens is 202 g/mol. The molecule has 0 saturated carbocycles. The molecule has 2 N–H and O–H groups in total. The third-order valence-corrected chi connectivity index (χ3v) is 2.46. The van der Waals surface area contributed by atoms with Crippen LogP contribution < -0.4 is 5.73 Å². The normalized spacial score (nSPS) is 10.1.